The lowest BCUT2D eigenvalue weighted by atomic mass is 9.91. The molecule has 1 aromatic heterocycles. The summed E-state index contributed by atoms with van der Waals surface area (Å²) in [5.74, 6) is 0.398. The molecule has 0 unspecified atom stereocenters. The molecular weight excluding hydrogens is 212 g/mol. The van der Waals surface area contributed by atoms with Crippen LogP contribution in [0.25, 0.3) is 11.0 Å². The molecule has 2 rings (SSSR count). The zero-order chi connectivity index (χ0) is 12.4. The molecule has 0 N–H and O–H groups in total. The Morgan fingerprint density at radius 1 is 1.29 bits per heavy atom. The Morgan fingerprint density at radius 3 is 2.76 bits per heavy atom. The van der Waals surface area contributed by atoms with Crippen LogP contribution >= 0.6 is 0 Å². The molecule has 2 heteroatoms. The van der Waals surface area contributed by atoms with Gasteiger partial charge in [-0.1, -0.05) is 6.92 Å². The van der Waals surface area contributed by atoms with Gasteiger partial charge in [-0.3, -0.25) is 0 Å². The zero-order valence-electron chi connectivity index (χ0n) is 10.6. The minimum absolute atomic E-state index is 0.398. The van der Waals surface area contributed by atoms with Crippen LogP contribution in [0.5, 0.6) is 0 Å². The SMILES string of the molecule is Cc1cc2c(C)coc2cc1[C@H](C)CCC=O. The van der Waals surface area contributed by atoms with E-state index in [1.54, 1.807) is 6.26 Å². The Morgan fingerprint density at radius 2 is 2.06 bits per heavy atom. The van der Waals surface area contributed by atoms with Gasteiger partial charge in [0.05, 0.1) is 6.26 Å². The summed E-state index contributed by atoms with van der Waals surface area (Å²) in [6, 6.07) is 4.30. The molecular formula is C15H18O2. The lowest BCUT2D eigenvalue weighted by Crippen LogP contribution is -1.97. The van der Waals surface area contributed by atoms with Crippen molar-refractivity contribution in [2.45, 2.75) is 39.5 Å². The van der Waals surface area contributed by atoms with Crippen LogP contribution in [-0.2, 0) is 4.79 Å². The second kappa shape index (κ2) is 4.74. The number of benzene rings is 1. The van der Waals surface area contributed by atoms with E-state index in [0.29, 0.717) is 12.3 Å². The number of hydrogen-bond donors (Lipinski definition) is 0. The Bertz CT molecular complexity index is 537. The molecule has 1 atom stereocenters. The summed E-state index contributed by atoms with van der Waals surface area (Å²) in [7, 11) is 0. The average Bonchev–Trinajstić information content (AvgIpc) is 2.67. The smallest absolute Gasteiger partial charge is 0.134 e. The Hall–Kier alpha value is -1.57. The molecule has 2 aromatic rings. The summed E-state index contributed by atoms with van der Waals surface area (Å²) in [5.41, 5.74) is 4.69. The molecule has 0 fully saturated rings. The van der Waals surface area contributed by atoms with Gasteiger partial charge in [-0.15, -0.1) is 0 Å². The molecule has 2 nitrogen and oxygen atoms in total. The second-order valence-corrected chi connectivity index (χ2v) is 4.77. The van der Waals surface area contributed by atoms with E-state index >= 15 is 0 Å². The number of carbonyl (C=O) groups excluding carboxylic acids is 1. The van der Waals surface area contributed by atoms with Crippen molar-refractivity contribution in [1.29, 1.82) is 0 Å². The Balaban J connectivity index is 2.40. The largest absolute Gasteiger partial charge is 0.464 e. The van der Waals surface area contributed by atoms with Crippen LogP contribution in [0.1, 0.15) is 42.4 Å². The van der Waals surface area contributed by atoms with E-state index in [4.69, 9.17) is 4.42 Å². The third-order valence-electron chi connectivity index (χ3n) is 3.40. The number of fused-ring (bicyclic) bond motifs is 1. The minimum Gasteiger partial charge on any atom is -0.464 e. The van der Waals surface area contributed by atoms with Crippen molar-refractivity contribution in [2.75, 3.05) is 0 Å². The molecule has 0 bridgehead atoms. The van der Waals surface area contributed by atoms with Gasteiger partial charge < -0.3 is 9.21 Å². The van der Waals surface area contributed by atoms with Gasteiger partial charge in [0, 0.05) is 11.8 Å². The quantitative estimate of drug-likeness (QED) is 0.739. The molecule has 0 radical (unpaired) electrons. The molecule has 0 saturated heterocycles. The van der Waals surface area contributed by atoms with E-state index in [2.05, 4.69) is 32.9 Å². The summed E-state index contributed by atoms with van der Waals surface area (Å²) in [5, 5.41) is 1.19. The topological polar surface area (TPSA) is 30.2 Å². The van der Waals surface area contributed by atoms with Crippen molar-refractivity contribution in [2.24, 2.45) is 0 Å². The summed E-state index contributed by atoms with van der Waals surface area (Å²) >= 11 is 0. The normalized spacial score (nSPS) is 12.9. The van der Waals surface area contributed by atoms with E-state index in [1.165, 1.54) is 22.1 Å². The summed E-state index contributed by atoms with van der Waals surface area (Å²) < 4.78 is 5.53. The van der Waals surface area contributed by atoms with Gasteiger partial charge in [-0.2, -0.15) is 0 Å². The zero-order valence-corrected chi connectivity index (χ0v) is 10.6. The third kappa shape index (κ3) is 2.26. The summed E-state index contributed by atoms with van der Waals surface area (Å²) in [4.78, 5) is 10.4. The fourth-order valence-corrected chi connectivity index (χ4v) is 2.33. The summed E-state index contributed by atoms with van der Waals surface area (Å²) in [6.07, 6.45) is 4.30. The molecule has 1 aromatic carbocycles. The van der Waals surface area contributed by atoms with Crippen LogP contribution in [0.2, 0.25) is 0 Å². The minimum atomic E-state index is 0.398. The Labute approximate surface area is 102 Å². The molecule has 90 valence electrons. The highest BCUT2D eigenvalue weighted by Crippen LogP contribution is 2.30. The van der Waals surface area contributed by atoms with Crippen molar-refractivity contribution in [3.63, 3.8) is 0 Å². The maximum absolute atomic E-state index is 10.4. The molecule has 1 heterocycles. The second-order valence-electron chi connectivity index (χ2n) is 4.77. The Kier molecular flexibility index (Phi) is 3.32. The first-order valence-electron chi connectivity index (χ1n) is 6.05. The lowest BCUT2D eigenvalue weighted by molar-refractivity contribution is -0.108. The van der Waals surface area contributed by atoms with Crippen molar-refractivity contribution >= 4 is 17.3 Å². The van der Waals surface area contributed by atoms with Crippen molar-refractivity contribution in [1.82, 2.24) is 0 Å². The van der Waals surface area contributed by atoms with Crippen LogP contribution in [0.4, 0.5) is 0 Å². The van der Waals surface area contributed by atoms with Crippen LogP contribution in [0, 0.1) is 13.8 Å². The van der Waals surface area contributed by atoms with E-state index in [1.807, 2.05) is 0 Å². The van der Waals surface area contributed by atoms with Gasteiger partial charge in [0.15, 0.2) is 0 Å². The van der Waals surface area contributed by atoms with Gasteiger partial charge in [-0.05, 0) is 55.0 Å². The molecule has 0 spiro atoms. The van der Waals surface area contributed by atoms with Crippen molar-refractivity contribution in [3.05, 3.63) is 35.1 Å². The number of aldehydes is 1. The number of hydrogen-bond acceptors (Lipinski definition) is 2. The van der Waals surface area contributed by atoms with Gasteiger partial charge >= 0.3 is 0 Å². The van der Waals surface area contributed by atoms with Crippen LogP contribution in [0.15, 0.2) is 22.8 Å². The standard InChI is InChI=1S/C15H18O2/c1-10(5-4-6-16)13-8-15-14(7-11(13)2)12(3)9-17-15/h6-10H,4-5H2,1-3H3/t10-/m1/s1. The third-order valence-corrected chi connectivity index (χ3v) is 3.40. The number of carbonyl (C=O) groups is 1. The van der Waals surface area contributed by atoms with Crippen LogP contribution in [0.3, 0.4) is 0 Å². The first kappa shape index (κ1) is 11.9. The highest BCUT2D eigenvalue weighted by atomic mass is 16.3. The molecule has 17 heavy (non-hydrogen) atoms. The number of rotatable bonds is 4. The van der Waals surface area contributed by atoms with Crippen molar-refractivity contribution in [3.8, 4) is 0 Å². The van der Waals surface area contributed by atoms with E-state index < -0.39 is 0 Å². The van der Waals surface area contributed by atoms with Gasteiger partial charge in [-0.25, -0.2) is 0 Å². The first-order valence-corrected chi connectivity index (χ1v) is 6.05. The van der Waals surface area contributed by atoms with Gasteiger partial charge in [0.2, 0.25) is 0 Å². The molecule has 0 aliphatic rings. The fourth-order valence-electron chi connectivity index (χ4n) is 2.33. The molecule has 0 saturated carbocycles. The predicted molar refractivity (Wildman–Crippen MR) is 69.4 cm³/mol. The molecule has 0 aliphatic heterocycles. The maximum atomic E-state index is 10.4. The highest BCUT2D eigenvalue weighted by molar-refractivity contribution is 5.82. The first-order chi connectivity index (χ1) is 8.13. The molecule has 0 aliphatic carbocycles. The predicted octanol–water partition coefficient (Wildman–Crippen LogP) is 4.13. The molecule has 0 amide bonds. The highest BCUT2D eigenvalue weighted by Gasteiger charge is 2.12. The van der Waals surface area contributed by atoms with E-state index in [9.17, 15) is 4.79 Å². The van der Waals surface area contributed by atoms with Crippen LogP contribution in [-0.4, -0.2) is 6.29 Å². The van der Waals surface area contributed by atoms with Crippen LogP contribution < -0.4 is 0 Å². The number of furan rings is 1. The average molecular weight is 230 g/mol. The van der Waals surface area contributed by atoms with Crippen molar-refractivity contribution < 1.29 is 9.21 Å². The van der Waals surface area contributed by atoms with E-state index in [0.717, 1.165) is 18.3 Å². The van der Waals surface area contributed by atoms with Gasteiger partial charge in [0.1, 0.15) is 11.9 Å². The van der Waals surface area contributed by atoms with E-state index in [-0.39, 0.29) is 0 Å². The lowest BCUT2D eigenvalue weighted by Gasteiger charge is -2.13. The monoisotopic (exact) mass is 230 g/mol. The number of aryl methyl sites for hydroxylation is 2. The van der Waals surface area contributed by atoms with Gasteiger partial charge in [0.25, 0.3) is 0 Å². The summed E-state index contributed by atoms with van der Waals surface area (Å²) in [6.45, 7) is 6.34. The fraction of sp³-hybridized carbons (Fsp3) is 0.400. The maximum Gasteiger partial charge on any atom is 0.134 e.